The molecule has 0 aromatic rings. The molecular weight excluding hydrogens is 177 g/mol. The summed E-state index contributed by atoms with van der Waals surface area (Å²) in [6.45, 7) is 5.44. The third-order valence-corrected chi connectivity index (χ3v) is 2.74. The quantitative estimate of drug-likeness (QED) is 0.618. The first-order chi connectivity index (χ1) is 5.74. The first kappa shape index (κ1) is 12.8. The van der Waals surface area contributed by atoms with Crippen molar-refractivity contribution < 1.29 is 13.2 Å². The Morgan fingerprint density at radius 1 is 1.00 bits per heavy atom. The molecule has 3 heteroatoms. The lowest BCUT2D eigenvalue weighted by molar-refractivity contribution is -0.124. The van der Waals surface area contributed by atoms with E-state index in [0.29, 0.717) is 6.92 Å². The Hall–Kier alpha value is -0.210. The molecule has 0 aromatic heterocycles. The van der Waals surface area contributed by atoms with Crippen LogP contribution in [0, 0.1) is 5.92 Å². The van der Waals surface area contributed by atoms with E-state index in [9.17, 15) is 13.2 Å². The van der Waals surface area contributed by atoms with Gasteiger partial charge in [-0.05, 0) is 19.3 Å². The molecule has 0 N–H and O–H groups in total. The van der Waals surface area contributed by atoms with Crippen LogP contribution in [-0.2, 0) is 0 Å². The molecule has 0 bridgehead atoms. The number of alkyl halides is 3. The Labute approximate surface area is 78.5 Å². The van der Waals surface area contributed by atoms with Gasteiger partial charge in [-0.25, -0.2) is 13.2 Å². The van der Waals surface area contributed by atoms with Crippen molar-refractivity contribution in [3.8, 4) is 0 Å². The molecule has 0 aliphatic heterocycles. The Morgan fingerprint density at radius 2 is 1.38 bits per heavy atom. The molecule has 0 saturated heterocycles. The summed E-state index contributed by atoms with van der Waals surface area (Å²) in [6, 6.07) is 0. The Balaban J connectivity index is 4.31. The third-order valence-electron chi connectivity index (χ3n) is 2.74. The predicted molar refractivity (Wildman–Crippen MR) is 48.8 cm³/mol. The molecule has 0 aromatic carbocycles. The monoisotopic (exact) mass is 196 g/mol. The molecule has 0 spiro atoms. The smallest absolute Gasteiger partial charge is 0.238 e. The standard InChI is InChI=1S/C10H19F3/c1-5-8(6-2)7-9(3,11)10(4,12)13/h8H,5-7H2,1-4H3. The van der Waals surface area contributed by atoms with Crippen LogP contribution in [0.5, 0.6) is 0 Å². The van der Waals surface area contributed by atoms with Crippen LogP contribution in [0.3, 0.4) is 0 Å². The number of halogens is 3. The maximum Gasteiger partial charge on any atom is 0.278 e. The van der Waals surface area contributed by atoms with Crippen molar-refractivity contribution in [2.45, 2.75) is 58.5 Å². The molecule has 0 fully saturated rings. The van der Waals surface area contributed by atoms with Crippen molar-refractivity contribution in [3.05, 3.63) is 0 Å². The van der Waals surface area contributed by atoms with Gasteiger partial charge in [0.15, 0.2) is 5.67 Å². The van der Waals surface area contributed by atoms with E-state index in [1.54, 1.807) is 0 Å². The summed E-state index contributed by atoms with van der Waals surface area (Å²) in [5.74, 6) is -3.18. The lowest BCUT2D eigenvalue weighted by Crippen LogP contribution is -2.40. The number of hydrogen-bond acceptors (Lipinski definition) is 0. The van der Waals surface area contributed by atoms with Crippen molar-refractivity contribution in [2.75, 3.05) is 0 Å². The van der Waals surface area contributed by atoms with E-state index in [1.807, 2.05) is 13.8 Å². The minimum atomic E-state index is -3.24. The van der Waals surface area contributed by atoms with E-state index in [1.165, 1.54) is 0 Å². The second kappa shape index (κ2) is 4.34. The molecule has 0 aliphatic carbocycles. The fraction of sp³-hybridized carbons (Fsp3) is 1.00. The van der Waals surface area contributed by atoms with Gasteiger partial charge >= 0.3 is 0 Å². The van der Waals surface area contributed by atoms with Gasteiger partial charge in [0.25, 0.3) is 5.92 Å². The van der Waals surface area contributed by atoms with E-state index in [-0.39, 0.29) is 12.3 Å². The van der Waals surface area contributed by atoms with Crippen LogP contribution < -0.4 is 0 Å². The zero-order valence-electron chi connectivity index (χ0n) is 8.83. The highest BCUT2D eigenvalue weighted by Crippen LogP contribution is 2.38. The zero-order chi connectivity index (χ0) is 10.7. The van der Waals surface area contributed by atoms with Crippen LogP contribution >= 0.6 is 0 Å². The SMILES string of the molecule is CCC(CC)CC(C)(F)C(C)(F)F. The maximum absolute atomic E-state index is 13.5. The summed E-state index contributed by atoms with van der Waals surface area (Å²) < 4.78 is 39.0. The van der Waals surface area contributed by atoms with Crippen molar-refractivity contribution >= 4 is 0 Å². The van der Waals surface area contributed by atoms with Crippen LogP contribution in [-0.4, -0.2) is 11.6 Å². The van der Waals surface area contributed by atoms with Gasteiger partial charge in [-0.3, -0.25) is 0 Å². The van der Waals surface area contributed by atoms with Crippen LogP contribution in [0.15, 0.2) is 0 Å². The van der Waals surface area contributed by atoms with Gasteiger partial charge in [0, 0.05) is 6.92 Å². The predicted octanol–water partition coefficient (Wildman–Crippen LogP) is 4.20. The Bertz CT molecular complexity index is 143. The van der Waals surface area contributed by atoms with E-state index in [4.69, 9.17) is 0 Å². The molecule has 0 rings (SSSR count). The van der Waals surface area contributed by atoms with E-state index >= 15 is 0 Å². The summed E-state index contributed by atoms with van der Waals surface area (Å²) in [6.07, 6.45) is 1.46. The molecule has 0 amide bonds. The summed E-state index contributed by atoms with van der Waals surface area (Å²) >= 11 is 0. The van der Waals surface area contributed by atoms with Gasteiger partial charge in [-0.15, -0.1) is 0 Å². The van der Waals surface area contributed by atoms with E-state index in [0.717, 1.165) is 19.8 Å². The first-order valence-electron chi connectivity index (χ1n) is 4.81. The van der Waals surface area contributed by atoms with Crippen LogP contribution in [0.25, 0.3) is 0 Å². The average Bonchev–Trinajstić information content (AvgIpc) is 1.98. The van der Waals surface area contributed by atoms with Crippen molar-refractivity contribution in [2.24, 2.45) is 5.92 Å². The van der Waals surface area contributed by atoms with Gasteiger partial charge in [0.1, 0.15) is 0 Å². The number of rotatable bonds is 5. The lowest BCUT2D eigenvalue weighted by Gasteiger charge is -2.30. The molecule has 0 heterocycles. The van der Waals surface area contributed by atoms with Crippen LogP contribution in [0.4, 0.5) is 13.2 Å². The minimum absolute atomic E-state index is 0.0521. The van der Waals surface area contributed by atoms with Gasteiger partial charge in [-0.2, -0.15) is 0 Å². The molecule has 0 aliphatic rings. The van der Waals surface area contributed by atoms with Crippen LogP contribution in [0.2, 0.25) is 0 Å². The van der Waals surface area contributed by atoms with Gasteiger partial charge in [0.05, 0.1) is 0 Å². The lowest BCUT2D eigenvalue weighted by atomic mass is 9.86. The largest absolute Gasteiger partial charge is 0.278 e. The topological polar surface area (TPSA) is 0 Å². The highest BCUT2D eigenvalue weighted by molar-refractivity contribution is 4.87. The second-order valence-corrected chi connectivity index (χ2v) is 3.97. The summed E-state index contributed by atoms with van der Waals surface area (Å²) in [5.41, 5.74) is -2.37. The summed E-state index contributed by atoms with van der Waals surface area (Å²) in [5, 5.41) is 0. The second-order valence-electron chi connectivity index (χ2n) is 3.97. The third kappa shape index (κ3) is 3.57. The van der Waals surface area contributed by atoms with Crippen molar-refractivity contribution in [1.82, 2.24) is 0 Å². The molecule has 0 nitrogen and oxygen atoms in total. The normalized spacial score (nSPS) is 17.5. The highest BCUT2D eigenvalue weighted by Gasteiger charge is 2.47. The molecule has 13 heavy (non-hydrogen) atoms. The molecule has 80 valence electrons. The minimum Gasteiger partial charge on any atom is -0.238 e. The first-order valence-corrected chi connectivity index (χ1v) is 4.81. The average molecular weight is 196 g/mol. The van der Waals surface area contributed by atoms with E-state index in [2.05, 4.69) is 0 Å². The van der Waals surface area contributed by atoms with Gasteiger partial charge in [-0.1, -0.05) is 26.7 Å². The van der Waals surface area contributed by atoms with Crippen LogP contribution in [0.1, 0.15) is 47.0 Å². The van der Waals surface area contributed by atoms with E-state index < -0.39 is 11.6 Å². The van der Waals surface area contributed by atoms with Gasteiger partial charge in [0.2, 0.25) is 0 Å². The fourth-order valence-electron chi connectivity index (χ4n) is 1.30. The molecule has 1 unspecified atom stereocenters. The molecule has 0 saturated carbocycles. The highest BCUT2D eigenvalue weighted by atomic mass is 19.3. The summed E-state index contributed by atoms with van der Waals surface area (Å²) in [4.78, 5) is 0. The molecule has 0 radical (unpaired) electrons. The molecule has 1 atom stereocenters. The molecular formula is C10H19F3. The van der Waals surface area contributed by atoms with Gasteiger partial charge < -0.3 is 0 Å². The fourth-order valence-corrected chi connectivity index (χ4v) is 1.30. The Kier molecular flexibility index (Phi) is 4.27. The maximum atomic E-state index is 13.5. The number of hydrogen-bond donors (Lipinski definition) is 0. The van der Waals surface area contributed by atoms with Crippen molar-refractivity contribution in [3.63, 3.8) is 0 Å². The summed E-state index contributed by atoms with van der Waals surface area (Å²) in [7, 11) is 0. The zero-order valence-corrected chi connectivity index (χ0v) is 8.83. The van der Waals surface area contributed by atoms with Crippen molar-refractivity contribution in [1.29, 1.82) is 0 Å². The Morgan fingerprint density at radius 3 is 1.62 bits per heavy atom.